The van der Waals surface area contributed by atoms with Gasteiger partial charge in [0.15, 0.2) is 0 Å². The molecule has 1 saturated carbocycles. The van der Waals surface area contributed by atoms with Gasteiger partial charge in [0.2, 0.25) is 0 Å². The maximum absolute atomic E-state index is 13.2. The minimum absolute atomic E-state index is 0.190. The third kappa shape index (κ3) is 5.82. The first-order chi connectivity index (χ1) is 22.6. The molecular formula is C36H38F3N3O5S. The highest BCUT2D eigenvalue weighted by Gasteiger charge is 2.50. The molecule has 1 aromatic heterocycles. The largest absolute Gasteiger partial charge is 0.534 e. The number of nitrogens with zero attached hydrogens (tertiary/aromatic N) is 2. The van der Waals surface area contributed by atoms with Crippen molar-refractivity contribution in [1.29, 1.82) is 0 Å². The molecule has 8 nitrogen and oxygen atoms in total. The lowest BCUT2D eigenvalue weighted by Crippen LogP contribution is -2.36. The third-order valence-corrected chi connectivity index (χ3v) is 10.9. The van der Waals surface area contributed by atoms with Gasteiger partial charge in [-0.2, -0.15) is 21.6 Å². The Bertz CT molecular complexity index is 1990. The minimum Gasteiger partial charge on any atom is -0.444 e. The molecule has 12 heteroatoms. The molecule has 3 aromatic carbocycles. The van der Waals surface area contributed by atoms with Crippen LogP contribution >= 0.6 is 0 Å². The average Bonchev–Trinajstić information content (AvgIpc) is 3.83. The SMILES string of the molecule is CC(C)(C)OC(=O)N1CCC[C@H]1c1nc2ccc(-c3ccc(-c4ccc(OS(=O)(=O)C(F)(F)F)c5c4C4(CCCC4)CC5)cc3)cc2[nH]1. The number of ether oxygens (including phenoxy) is 1. The van der Waals surface area contributed by atoms with Crippen molar-refractivity contribution in [3.05, 3.63) is 71.5 Å². The summed E-state index contributed by atoms with van der Waals surface area (Å²) >= 11 is 0. The van der Waals surface area contributed by atoms with Crippen LogP contribution in [0.3, 0.4) is 0 Å². The van der Waals surface area contributed by atoms with Crippen molar-refractivity contribution < 1.29 is 35.3 Å². The number of hydrogen-bond acceptors (Lipinski definition) is 6. The Morgan fingerprint density at radius 3 is 2.31 bits per heavy atom. The van der Waals surface area contributed by atoms with E-state index >= 15 is 0 Å². The Kier molecular flexibility index (Phi) is 7.80. The lowest BCUT2D eigenvalue weighted by atomic mass is 9.77. The first kappa shape index (κ1) is 32.5. The number of hydrogen-bond donors (Lipinski definition) is 1. The van der Waals surface area contributed by atoms with Crippen LogP contribution in [0.4, 0.5) is 18.0 Å². The van der Waals surface area contributed by atoms with E-state index in [1.165, 1.54) is 6.07 Å². The Balaban J connectivity index is 1.18. The number of amides is 1. The molecule has 1 spiro atoms. The second-order valence-electron chi connectivity index (χ2n) is 14.2. The van der Waals surface area contributed by atoms with E-state index in [2.05, 4.69) is 4.98 Å². The van der Waals surface area contributed by atoms with E-state index in [1.807, 2.05) is 63.2 Å². The average molecular weight is 682 g/mol. The van der Waals surface area contributed by atoms with Crippen LogP contribution in [0, 0.1) is 0 Å². The summed E-state index contributed by atoms with van der Waals surface area (Å²) in [5.41, 5.74) is 0.576. The normalized spacial score (nSPS) is 19.3. The lowest BCUT2D eigenvalue weighted by Gasteiger charge is -2.28. The Hall–Kier alpha value is -4.06. The zero-order valence-electron chi connectivity index (χ0n) is 27.1. The first-order valence-electron chi connectivity index (χ1n) is 16.4. The molecule has 1 saturated heterocycles. The van der Waals surface area contributed by atoms with Gasteiger partial charge in [0.05, 0.1) is 17.1 Å². The Morgan fingerprint density at radius 1 is 0.938 bits per heavy atom. The number of aromatic amines is 1. The fourth-order valence-electron chi connectivity index (χ4n) is 7.81. The molecule has 48 heavy (non-hydrogen) atoms. The summed E-state index contributed by atoms with van der Waals surface area (Å²) in [5, 5.41) is 0. The molecule has 4 aromatic rings. The third-order valence-electron chi connectivity index (χ3n) is 9.92. The number of likely N-dealkylation sites (tertiary alicyclic amines) is 1. The molecule has 0 bridgehead atoms. The van der Waals surface area contributed by atoms with E-state index in [1.54, 1.807) is 11.0 Å². The summed E-state index contributed by atoms with van der Waals surface area (Å²) in [6.07, 6.45) is 6.38. The van der Waals surface area contributed by atoms with E-state index < -0.39 is 21.2 Å². The minimum atomic E-state index is -5.78. The standard InChI is InChI=1S/C36H38F3N3O5S/c1-34(2,3)46-33(43)42-20-6-7-29(42)32-40-27-14-12-24(21-28(27)41-32)22-8-10-23(11-9-22)25-13-15-30(47-48(44,45)36(37,38)39)26-16-19-35(31(25)26)17-4-5-18-35/h8-15,21,29H,4-7,16-20H2,1-3H3,(H,40,41)/t29-/m0/s1. The molecule has 1 N–H and O–H groups in total. The van der Waals surface area contributed by atoms with Gasteiger partial charge in [0, 0.05) is 12.1 Å². The molecule has 0 unspecified atom stereocenters. The van der Waals surface area contributed by atoms with Gasteiger partial charge in [0.1, 0.15) is 17.2 Å². The van der Waals surface area contributed by atoms with Crippen LogP contribution in [0.25, 0.3) is 33.3 Å². The summed E-state index contributed by atoms with van der Waals surface area (Å²) in [7, 11) is -5.78. The molecule has 1 aliphatic heterocycles. The predicted octanol–water partition coefficient (Wildman–Crippen LogP) is 8.96. The number of halogens is 3. The highest BCUT2D eigenvalue weighted by molar-refractivity contribution is 7.88. The molecule has 7 rings (SSSR count). The molecule has 2 heterocycles. The van der Waals surface area contributed by atoms with Crippen LogP contribution in [0.2, 0.25) is 0 Å². The van der Waals surface area contributed by atoms with Crippen LogP contribution < -0.4 is 4.18 Å². The van der Waals surface area contributed by atoms with Crippen LogP contribution in [0.15, 0.2) is 54.6 Å². The first-order valence-corrected chi connectivity index (χ1v) is 17.8. The van der Waals surface area contributed by atoms with Crippen LogP contribution in [0.1, 0.15) is 88.7 Å². The van der Waals surface area contributed by atoms with E-state index in [-0.39, 0.29) is 23.3 Å². The number of rotatable bonds is 5. The number of carbonyl (C=O) groups excluding carboxylic acids is 1. The van der Waals surface area contributed by atoms with Gasteiger partial charge in [-0.05, 0) is 111 Å². The second kappa shape index (κ2) is 11.5. The van der Waals surface area contributed by atoms with Gasteiger partial charge in [-0.1, -0.05) is 49.2 Å². The fourth-order valence-corrected chi connectivity index (χ4v) is 8.29. The predicted molar refractivity (Wildman–Crippen MR) is 176 cm³/mol. The number of nitrogens with one attached hydrogen (secondary N) is 1. The zero-order chi connectivity index (χ0) is 34.1. The highest BCUT2D eigenvalue weighted by Crippen LogP contribution is 2.55. The monoisotopic (exact) mass is 681 g/mol. The van der Waals surface area contributed by atoms with Crippen molar-refractivity contribution in [2.75, 3.05) is 6.54 Å². The topological polar surface area (TPSA) is 102 Å². The Labute approximate surface area is 277 Å². The van der Waals surface area contributed by atoms with E-state index in [9.17, 15) is 26.4 Å². The summed E-state index contributed by atoms with van der Waals surface area (Å²) in [4.78, 5) is 22.8. The van der Waals surface area contributed by atoms with Crippen LogP contribution in [-0.4, -0.2) is 47.0 Å². The molecule has 1 atom stereocenters. The van der Waals surface area contributed by atoms with Crippen LogP contribution in [0.5, 0.6) is 5.75 Å². The van der Waals surface area contributed by atoms with Crippen molar-refractivity contribution in [1.82, 2.24) is 14.9 Å². The Morgan fingerprint density at radius 2 is 1.62 bits per heavy atom. The summed E-state index contributed by atoms with van der Waals surface area (Å²) in [6, 6.07) is 16.9. The summed E-state index contributed by atoms with van der Waals surface area (Å²) in [6.45, 7) is 6.17. The molecule has 0 radical (unpaired) electrons. The van der Waals surface area contributed by atoms with Gasteiger partial charge < -0.3 is 13.9 Å². The fraction of sp³-hybridized carbons (Fsp3) is 0.444. The number of H-pyrrole nitrogens is 1. The highest BCUT2D eigenvalue weighted by atomic mass is 32.2. The van der Waals surface area contributed by atoms with Crippen molar-refractivity contribution >= 4 is 27.2 Å². The molecule has 1 amide bonds. The van der Waals surface area contributed by atoms with Crippen LogP contribution in [-0.2, 0) is 26.7 Å². The quantitative estimate of drug-likeness (QED) is 0.167. The van der Waals surface area contributed by atoms with E-state index in [0.717, 1.165) is 89.6 Å². The second-order valence-corrected chi connectivity index (χ2v) is 15.7. The molecule has 2 aliphatic carbocycles. The smallest absolute Gasteiger partial charge is 0.444 e. The summed E-state index contributed by atoms with van der Waals surface area (Å²) in [5.74, 6) is 0.497. The van der Waals surface area contributed by atoms with Gasteiger partial charge >= 0.3 is 21.7 Å². The van der Waals surface area contributed by atoms with Gasteiger partial charge in [0.25, 0.3) is 0 Å². The van der Waals surface area contributed by atoms with Crippen molar-refractivity contribution in [3.63, 3.8) is 0 Å². The summed E-state index contributed by atoms with van der Waals surface area (Å²) < 4.78 is 73.8. The number of alkyl halides is 3. The van der Waals surface area contributed by atoms with Crippen molar-refractivity contribution in [3.8, 4) is 28.0 Å². The van der Waals surface area contributed by atoms with E-state index in [4.69, 9.17) is 13.9 Å². The lowest BCUT2D eigenvalue weighted by molar-refractivity contribution is -0.0500. The number of carbonyl (C=O) groups is 1. The van der Waals surface area contributed by atoms with Crippen molar-refractivity contribution in [2.24, 2.45) is 0 Å². The number of benzene rings is 3. The molecule has 254 valence electrons. The number of imidazole rings is 1. The number of aromatic nitrogens is 2. The van der Waals surface area contributed by atoms with Gasteiger partial charge in [-0.15, -0.1) is 0 Å². The van der Waals surface area contributed by atoms with Crippen molar-refractivity contribution in [2.45, 2.75) is 94.7 Å². The maximum atomic E-state index is 13.2. The van der Waals surface area contributed by atoms with Gasteiger partial charge in [-0.25, -0.2) is 9.78 Å². The zero-order valence-corrected chi connectivity index (χ0v) is 27.9. The van der Waals surface area contributed by atoms with E-state index in [0.29, 0.717) is 18.5 Å². The van der Waals surface area contributed by atoms with Gasteiger partial charge in [-0.3, -0.25) is 4.90 Å². The molecule has 3 aliphatic rings. The maximum Gasteiger partial charge on any atom is 0.534 e. The molecular weight excluding hydrogens is 643 g/mol. The number of fused-ring (bicyclic) bond motifs is 3. The molecule has 2 fully saturated rings.